The van der Waals surface area contributed by atoms with Gasteiger partial charge in [-0.05, 0) is 33.6 Å². The Morgan fingerprint density at radius 3 is 2.87 bits per heavy atom. The number of nitrogen functional groups attached to an aromatic ring is 1. The lowest BCUT2D eigenvalue weighted by atomic mass is 10.0. The van der Waals surface area contributed by atoms with Crippen molar-refractivity contribution < 1.29 is 4.79 Å². The maximum Gasteiger partial charge on any atom is 0.254 e. The van der Waals surface area contributed by atoms with Crippen molar-refractivity contribution in [1.29, 1.82) is 0 Å². The summed E-state index contributed by atoms with van der Waals surface area (Å²) in [5, 5.41) is 7.25. The molecule has 158 valence electrons. The number of nitrogens with zero attached hydrogens (tertiary/aromatic N) is 6. The van der Waals surface area contributed by atoms with Gasteiger partial charge in [0.25, 0.3) is 11.3 Å². The lowest BCUT2D eigenvalue weighted by molar-refractivity contribution is -0.121. The van der Waals surface area contributed by atoms with Gasteiger partial charge in [-0.3, -0.25) is 14.6 Å². The fourth-order valence-electron chi connectivity index (χ4n) is 3.92. The maximum atomic E-state index is 12.8. The fraction of sp³-hybridized carbons (Fsp3) is 0.474. The van der Waals surface area contributed by atoms with Crippen LogP contribution in [0.25, 0.3) is 5.78 Å². The van der Waals surface area contributed by atoms with Crippen LogP contribution in [0.15, 0.2) is 10.9 Å². The lowest BCUT2D eigenvalue weighted by Gasteiger charge is -2.33. The average molecular weight is 411 g/mol. The van der Waals surface area contributed by atoms with Crippen molar-refractivity contribution >= 4 is 23.6 Å². The molecule has 0 aromatic carbocycles. The number of amides is 1. The number of hydrogen-bond donors (Lipinski definition) is 3. The molecular formula is C19H25N9O2. The van der Waals surface area contributed by atoms with Crippen molar-refractivity contribution in [3.63, 3.8) is 0 Å². The molecule has 1 aliphatic rings. The molecule has 3 aromatic rings. The van der Waals surface area contributed by atoms with E-state index in [4.69, 9.17) is 5.73 Å². The first kappa shape index (κ1) is 19.8. The van der Waals surface area contributed by atoms with Crippen LogP contribution < -0.4 is 21.5 Å². The Labute approximate surface area is 172 Å². The topological polar surface area (TPSA) is 147 Å². The summed E-state index contributed by atoms with van der Waals surface area (Å²) in [6, 6.07) is 1.43. The van der Waals surface area contributed by atoms with Crippen LogP contribution in [0.5, 0.6) is 0 Å². The molecule has 11 nitrogen and oxygen atoms in total. The summed E-state index contributed by atoms with van der Waals surface area (Å²) in [6.07, 6.45) is 1.95. The van der Waals surface area contributed by atoms with Crippen LogP contribution in [-0.4, -0.2) is 54.6 Å². The smallest absolute Gasteiger partial charge is 0.254 e. The number of nitrogens with two attached hydrogens (primary N) is 1. The van der Waals surface area contributed by atoms with Gasteiger partial charge in [0.05, 0.1) is 6.42 Å². The van der Waals surface area contributed by atoms with Crippen LogP contribution in [0.3, 0.4) is 0 Å². The third-order valence-corrected chi connectivity index (χ3v) is 5.35. The third-order valence-electron chi connectivity index (χ3n) is 5.35. The number of hydrogen-bond acceptors (Lipinski definition) is 8. The molecule has 11 heteroatoms. The minimum absolute atomic E-state index is 0.0311. The Balaban J connectivity index is 1.46. The van der Waals surface area contributed by atoms with E-state index in [0.29, 0.717) is 24.0 Å². The zero-order valence-corrected chi connectivity index (χ0v) is 17.3. The third kappa shape index (κ3) is 3.95. The van der Waals surface area contributed by atoms with E-state index in [2.05, 4.69) is 30.4 Å². The standard InChI is InChI=1S/C19H25N9O2/c1-10-7-15(29)24-18(21-10)27-6-4-5-13(9-27)23-16(30)8-14-11(2)22-19-25-17(20)26-28(19)12(14)3/h7,13H,4-6,8-9H2,1-3H3,(H2,20,26)(H,23,30)(H,21,24,29). The van der Waals surface area contributed by atoms with E-state index in [1.165, 1.54) is 6.07 Å². The Morgan fingerprint density at radius 2 is 2.10 bits per heavy atom. The minimum Gasteiger partial charge on any atom is -0.366 e. The molecule has 4 N–H and O–H groups in total. The van der Waals surface area contributed by atoms with Gasteiger partial charge in [-0.1, -0.05) is 0 Å². The minimum atomic E-state index is -0.175. The van der Waals surface area contributed by atoms with Crippen molar-refractivity contribution in [2.75, 3.05) is 23.7 Å². The molecule has 1 fully saturated rings. The van der Waals surface area contributed by atoms with Gasteiger partial charge >= 0.3 is 0 Å². The van der Waals surface area contributed by atoms with Crippen LogP contribution in [0.1, 0.15) is 35.5 Å². The predicted molar refractivity (Wildman–Crippen MR) is 111 cm³/mol. The summed E-state index contributed by atoms with van der Waals surface area (Å²) in [6.45, 7) is 6.89. The molecule has 4 heterocycles. The van der Waals surface area contributed by atoms with Crippen LogP contribution in [0.2, 0.25) is 0 Å². The molecule has 1 unspecified atom stereocenters. The van der Waals surface area contributed by atoms with Gasteiger partial charge in [0.1, 0.15) is 0 Å². The molecule has 0 bridgehead atoms. The van der Waals surface area contributed by atoms with Crippen LogP contribution >= 0.6 is 0 Å². The van der Waals surface area contributed by atoms with E-state index < -0.39 is 0 Å². The van der Waals surface area contributed by atoms with Gasteiger partial charge in [-0.25, -0.2) is 9.97 Å². The van der Waals surface area contributed by atoms with Crippen molar-refractivity contribution in [3.8, 4) is 0 Å². The SMILES string of the molecule is Cc1cc(=O)[nH]c(N2CCCC(NC(=O)Cc3c(C)nc4nc(N)nn4c3C)C2)n1. The maximum absolute atomic E-state index is 12.8. The van der Waals surface area contributed by atoms with Crippen LogP contribution in [-0.2, 0) is 11.2 Å². The summed E-state index contributed by atoms with van der Waals surface area (Å²) in [5.74, 6) is 1.03. The van der Waals surface area contributed by atoms with E-state index in [0.717, 1.165) is 36.3 Å². The highest BCUT2D eigenvalue weighted by molar-refractivity contribution is 5.79. The van der Waals surface area contributed by atoms with Gasteiger partial charge < -0.3 is 16.0 Å². The van der Waals surface area contributed by atoms with Crippen molar-refractivity contribution in [3.05, 3.63) is 39.1 Å². The molecule has 0 saturated carbocycles. The highest BCUT2D eigenvalue weighted by Gasteiger charge is 2.24. The Morgan fingerprint density at radius 1 is 1.30 bits per heavy atom. The predicted octanol–water partition coefficient (Wildman–Crippen LogP) is 0.0428. The van der Waals surface area contributed by atoms with E-state index in [-0.39, 0.29) is 29.9 Å². The van der Waals surface area contributed by atoms with E-state index >= 15 is 0 Å². The van der Waals surface area contributed by atoms with E-state index in [1.54, 1.807) is 11.4 Å². The number of piperidine rings is 1. The number of carbonyl (C=O) groups excluding carboxylic acids is 1. The molecule has 0 spiro atoms. The number of anilines is 2. The van der Waals surface area contributed by atoms with E-state index in [9.17, 15) is 9.59 Å². The summed E-state index contributed by atoms with van der Waals surface area (Å²) in [5.41, 5.74) is 8.50. The first-order chi connectivity index (χ1) is 14.3. The first-order valence-electron chi connectivity index (χ1n) is 9.91. The number of H-pyrrole nitrogens is 1. The van der Waals surface area contributed by atoms with Gasteiger partial charge in [-0.15, -0.1) is 5.10 Å². The molecule has 30 heavy (non-hydrogen) atoms. The lowest BCUT2D eigenvalue weighted by Crippen LogP contribution is -2.49. The highest BCUT2D eigenvalue weighted by atomic mass is 16.1. The number of nitrogens with one attached hydrogen (secondary N) is 2. The van der Waals surface area contributed by atoms with Crippen LogP contribution in [0, 0.1) is 20.8 Å². The summed E-state index contributed by atoms with van der Waals surface area (Å²) in [4.78, 5) is 42.2. The summed E-state index contributed by atoms with van der Waals surface area (Å²) < 4.78 is 1.56. The zero-order valence-electron chi connectivity index (χ0n) is 17.3. The van der Waals surface area contributed by atoms with Crippen molar-refractivity contribution in [2.45, 2.75) is 46.1 Å². The number of fused-ring (bicyclic) bond motifs is 1. The zero-order chi connectivity index (χ0) is 21.4. The molecule has 1 saturated heterocycles. The number of rotatable bonds is 4. The second kappa shape index (κ2) is 7.73. The van der Waals surface area contributed by atoms with Gasteiger partial charge in [-0.2, -0.15) is 9.50 Å². The average Bonchev–Trinajstić information content (AvgIpc) is 3.05. The van der Waals surface area contributed by atoms with Gasteiger partial charge in [0, 0.05) is 47.8 Å². The Hall–Kier alpha value is -3.50. The second-order valence-corrected chi connectivity index (χ2v) is 7.68. The number of aryl methyl sites for hydroxylation is 3. The quantitative estimate of drug-likeness (QED) is 0.545. The van der Waals surface area contributed by atoms with Crippen LogP contribution in [0.4, 0.5) is 11.9 Å². The highest BCUT2D eigenvalue weighted by Crippen LogP contribution is 2.17. The van der Waals surface area contributed by atoms with E-state index in [1.807, 2.05) is 18.7 Å². The Bertz CT molecular complexity index is 1170. The van der Waals surface area contributed by atoms with Gasteiger partial charge in [0.15, 0.2) is 0 Å². The summed E-state index contributed by atoms with van der Waals surface area (Å²) >= 11 is 0. The Kier molecular flexibility index (Phi) is 5.10. The first-order valence-corrected chi connectivity index (χ1v) is 9.91. The van der Waals surface area contributed by atoms with Crippen molar-refractivity contribution in [2.24, 2.45) is 0 Å². The molecule has 1 amide bonds. The number of aromatic nitrogens is 6. The fourth-order valence-corrected chi connectivity index (χ4v) is 3.92. The molecule has 3 aromatic heterocycles. The number of aromatic amines is 1. The molecule has 0 radical (unpaired) electrons. The molecule has 0 aliphatic carbocycles. The largest absolute Gasteiger partial charge is 0.366 e. The summed E-state index contributed by atoms with van der Waals surface area (Å²) in [7, 11) is 0. The molecule has 1 aliphatic heterocycles. The number of carbonyl (C=O) groups is 1. The van der Waals surface area contributed by atoms with Gasteiger partial charge in [0.2, 0.25) is 17.8 Å². The monoisotopic (exact) mass is 411 g/mol. The molecule has 4 rings (SSSR count). The van der Waals surface area contributed by atoms with Crippen molar-refractivity contribution in [1.82, 2.24) is 34.9 Å². The second-order valence-electron chi connectivity index (χ2n) is 7.68. The molecule has 1 atom stereocenters. The molecular weight excluding hydrogens is 386 g/mol. The normalized spacial score (nSPS) is 16.8.